The first-order valence-corrected chi connectivity index (χ1v) is 2.75. The van der Waals surface area contributed by atoms with Crippen LogP contribution in [0.25, 0.3) is 0 Å². The van der Waals surface area contributed by atoms with Gasteiger partial charge in [0.15, 0.2) is 0 Å². The monoisotopic (exact) mass is 138 g/mol. The number of carboxylic acid groups (broad SMARTS) is 1. The first kappa shape index (κ1) is 6.67. The van der Waals surface area contributed by atoms with E-state index in [9.17, 15) is 4.79 Å². The molecule has 1 rings (SSSR count). The maximum atomic E-state index is 10.3. The van der Waals surface area contributed by atoms with Gasteiger partial charge in [0.05, 0.1) is 6.54 Å². The summed E-state index contributed by atoms with van der Waals surface area (Å²) < 4.78 is 0. The molecule has 0 aromatic rings. The van der Waals surface area contributed by atoms with Crippen molar-refractivity contribution in [1.82, 2.24) is 0 Å². The zero-order chi connectivity index (χ0) is 7.40. The van der Waals surface area contributed by atoms with Crippen molar-refractivity contribution < 1.29 is 9.90 Å². The smallest absolute Gasteiger partial charge is 0.352 e. The fourth-order valence-corrected chi connectivity index (χ4v) is 0.535. The van der Waals surface area contributed by atoms with Gasteiger partial charge in [-0.25, -0.2) is 4.79 Å². The lowest BCUT2D eigenvalue weighted by molar-refractivity contribution is -0.129. The molecule has 0 bridgehead atoms. The van der Waals surface area contributed by atoms with E-state index < -0.39 is 5.97 Å². The van der Waals surface area contributed by atoms with Crippen molar-refractivity contribution in [3.8, 4) is 0 Å². The molecule has 1 aliphatic rings. The zero-order valence-electron chi connectivity index (χ0n) is 5.19. The van der Waals surface area contributed by atoms with E-state index in [4.69, 9.17) is 5.11 Å². The highest BCUT2D eigenvalue weighted by molar-refractivity contribution is 6.36. The Kier molecular flexibility index (Phi) is 1.94. The molecule has 0 aromatic carbocycles. The third-order valence-corrected chi connectivity index (χ3v) is 0.996. The molecule has 0 spiro atoms. The summed E-state index contributed by atoms with van der Waals surface area (Å²) in [6, 6.07) is 0. The Bertz CT molecular complexity index is 228. The van der Waals surface area contributed by atoms with E-state index in [1.165, 1.54) is 12.4 Å². The first-order chi connectivity index (χ1) is 4.80. The van der Waals surface area contributed by atoms with Gasteiger partial charge in [0.2, 0.25) is 0 Å². The van der Waals surface area contributed by atoms with Crippen molar-refractivity contribution in [1.29, 1.82) is 0 Å². The summed E-state index contributed by atoms with van der Waals surface area (Å²) in [6.07, 6.45) is 4.54. The molecule has 4 heteroatoms. The number of hydrogen-bond donors (Lipinski definition) is 1. The van der Waals surface area contributed by atoms with Crippen LogP contribution in [0.15, 0.2) is 22.3 Å². The summed E-state index contributed by atoms with van der Waals surface area (Å²) in [4.78, 5) is 17.7. The van der Waals surface area contributed by atoms with Crippen LogP contribution in [0.1, 0.15) is 0 Å². The van der Waals surface area contributed by atoms with Gasteiger partial charge in [-0.05, 0) is 6.08 Å². The van der Waals surface area contributed by atoms with Gasteiger partial charge >= 0.3 is 5.97 Å². The summed E-state index contributed by atoms with van der Waals surface area (Å²) >= 11 is 0. The summed E-state index contributed by atoms with van der Waals surface area (Å²) in [5.74, 6) is -1.01. The van der Waals surface area contributed by atoms with E-state index >= 15 is 0 Å². The molecule has 0 unspecified atom stereocenters. The van der Waals surface area contributed by atoms with E-state index in [2.05, 4.69) is 9.98 Å². The van der Waals surface area contributed by atoms with Crippen LogP contribution in [0.4, 0.5) is 0 Å². The topological polar surface area (TPSA) is 62.0 Å². The van der Waals surface area contributed by atoms with Gasteiger partial charge in [-0.1, -0.05) is 0 Å². The summed E-state index contributed by atoms with van der Waals surface area (Å²) in [5.41, 5.74) is 0.0741. The molecule has 1 heterocycles. The summed E-state index contributed by atoms with van der Waals surface area (Å²) in [5, 5.41) is 8.42. The molecule has 1 N–H and O–H groups in total. The Morgan fingerprint density at radius 2 is 2.50 bits per heavy atom. The number of allylic oxidation sites excluding steroid dienone is 1. The normalized spacial score (nSPS) is 16.2. The highest BCUT2D eigenvalue weighted by atomic mass is 16.4. The molecule has 10 heavy (non-hydrogen) atoms. The molecule has 0 atom stereocenters. The second-order valence-corrected chi connectivity index (χ2v) is 1.71. The molecule has 0 amide bonds. The van der Waals surface area contributed by atoms with Crippen molar-refractivity contribution in [3.63, 3.8) is 0 Å². The van der Waals surface area contributed by atoms with E-state index in [1.54, 1.807) is 6.08 Å². The average Bonchev–Trinajstić information content (AvgIpc) is 2.12. The molecule has 0 fully saturated rings. The zero-order valence-corrected chi connectivity index (χ0v) is 5.19. The molecule has 52 valence electrons. The second kappa shape index (κ2) is 2.91. The summed E-state index contributed by atoms with van der Waals surface area (Å²) in [6.45, 7) is 0.155. The fourth-order valence-electron chi connectivity index (χ4n) is 0.535. The van der Waals surface area contributed by atoms with Gasteiger partial charge in [0, 0.05) is 12.4 Å². The van der Waals surface area contributed by atoms with Crippen LogP contribution in [-0.4, -0.2) is 29.5 Å². The largest absolute Gasteiger partial charge is 0.477 e. The van der Waals surface area contributed by atoms with Crippen LogP contribution in [-0.2, 0) is 4.79 Å². The number of aliphatic carboxylic acids is 1. The minimum atomic E-state index is -1.01. The number of hydrogen-bond acceptors (Lipinski definition) is 3. The Morgan fingerprint density at radius 3 is 3.20 bits per heavy atom. The van der Waals surface area contributed by atoms with Crippen LogP contribution in [0.3, 0.4) is 0 Å². The van der Waals surface area contributed by atoms with Gasteiger partial charge in [0.25, 0.3) is 0 Å². The van der Waals surface area contributed by atoms with Crippen LogP contribution >= 0.6 is 0 Å². The average molecular weight is 138 g/mol. The van der Waals surface area contributed by atoms with Crippen LogP contribution in [0.2, 0.25) is 0 Å². The third-order valence-electron chi connectivity index (χ3n) is 0.996. The van der Waals surface area contributed by atoms with Crippen LogP contribution < -0.4 is 0 Å². The number of carboxylic acids is 1. The van der Waals surface area contributed by atoms with Gasteiger partial charge < -0.3 is 5.11 Å². The number of nitrogens with zero attached hydrogens (tertiary/aromatic N) is 2. The number of carbonyl (C=O) groups is 1. The first-order valence-electron chi connectivity index (χ1n) is 2.75. The van der Waals surface area contributed by atoms with E-state index in [-0.39, 0.29) is 12.3 Å². The highest BCUT2D eigenvalue weighted by Crippen LogP contribution is 1.87. The molecule has 0 aliphatic carbocycles. The van der Waals surface area contributed by atoms with E-state index in [0.717, 1.165) is 0 Å². The van der Waals surface area contributed by atoms with E-state index in [1.807, 2.05) is 0 Å². The van der Waals surface area contributed by atoms with E-state index in [0.29, 0.717) is 0 Å². The predicted octanol–water partition coefficient (Wildman–Crippen LogP) is 0.110. The maximum absolute atomic E-state index is 10.3. The number of aliphatic imine (C=N–C) groups is 2. The van der Waals surface area contributed by atoms with Crippen molar-refractivity contribution in [3.05, 3.63) is 12.3 Å². The molecule has 1 aliphatic heterocycles. The lowest BCUT2D eigenvalue weighted by Crippen LogP contribution is -2.15. The van der Waals surface area contributed by atoms with Gasteiger partial charge in [-0.15, -0.1) is 0 Å². The van der Waals surface area contributed by atoms with Crippen LogP contribution in [0.5, 0.6) is 0 Å². The van der Waals surface area contributed by atoms with Crippen molar-refractivity contribution >= 4 is 17.9 Å². The molecule has 0 radical (unpaired) electrons. The lowest BCUT2D eigenvalue weighted by atomic mass is 10.4. The SMILES string of the molecule is O=C(O)C1=NC=CC=NC1. The Balaban J connectivity index is 2.78. The number of rotatable bonds is 1. The maximum Gasteiger partial charge on any atom is 0.352 e. The predicted molar refractivity (Wildman–Crippen MR) is 37.6 cm³/mol. The second-order valence-electron chi connectivity index (χ2n) is 1.71. The molecule has 0 saturated carbocycles. The Labute approximate surface area is 57.6 Å². The van der Waals surface area contributed by atoms with Gasteiger partial charge in [0.1, 0.15) is 5.71 Å². The van der Waals surface area contributed by atoms with Crippen molar-refractivity contribution in [2.75, 3.05) is 6.54 Å². The molecule has 0 aromatic heterocycles. The van der Waals surface area contributed by atoms with Crippen molar-refractivity contribution in [2.45, 2.75) is 0 Å². The molecular weight excluding hydrogens is 132 g/mol. The standard InChI is InChI=1S/C6H6N2O2/c9-6(10)5-4-7-2-1-3-8-5/h1-3H,4H2,(H,9,10). The lowest BCUT2D eigenvalue weighted by Gasteiger charge is -1.90. The van der Waals surface area contributed by atoms with Gasteiger partial charge in [-0.2, -0.15) is 0 Å². The molecule has 0 saturated heterocycles. The van der Waals surface area contributed by atoms with Crippen molar-refractivity contribution in [2.24, 2.45) is 9.98 Å². The fraction of sp³-hybridized carbons (Fsp3) is 0.167. The highest BCUT2D eigenvalue weighted by Gasteiger charge is 2.06. The Hall–Kier alpha value is -1.45. The quantitative estimate of drug-likeness (QED) is 0.559. The molecular formula is C6H6N2O2. The minimum Gasteiger partial charge on any atom is -0.477 e. The third kappa shape index (κ3) is 1.51. The minimum absolute atomic E-state index is 0.0741. The van der Waals surface area contributed by atoms with Gasteiger partial charge in [-0.3, -0.25) is 9.98 Å². The molecule has 4 nitrogen and oxygen atoms in total. The van der Waals surface area contributed by atoms with Crippen LogP contribution in [0, 0.1) is 0 Å². The summed E-state index contributed by atoms with van der Waals surface area (Å²) in [7, 11) is 0. The Morgan fingerprint density at radius 1 is 1.70 bits per heavy atom.